The van der Waals surface area contributed by atoms with Crippen molar-refractivity contribution in [3.05, 3.63) is 58.6 Å². The summed E-state index contributed by atoms with van der Waals surface area (Å²) >= 11 is 5.77. The fourth-order valence-corrected chi connectivity index (χ4v) is 1.76. The molecule has 1 amide bonds. The Morgan fingerprint density at radius 2 is 2.00 bits per heavy atom. The highest BCUT2D eigenvalue weighted by Gasteiger charge is 2.31. The van der Waals surface area contributed by atoms with Gasteiger partial charge in [-0.2, -0.15) is 13.2 Å². The second kappa shape index (κ2) is 5.65. The van der Waals surface area contributed by atoms with Gasteiger partial charge < -0.3 is 10.4 Å². The Morgan fingerprint density at radius 3 is 2.62 bits per heavy atom. The van der Waals surface area contributed by atoms with Gasteiger partial charge in [0.2, 0.25) is 0 Å². The molecule has 0 atom stereocenters. The number of carbonyl (C=O) groups is 1. The lowest BCUT2D eigenvalue weighted by atomic mass is 10.1. The predicted molar refractivity (Wildman–Crippen MR) is 71.4 cm³/mol. The normalized spacial score (nSPS) is 11.2. The smallest absolute Gasteiger partial charge is 0.416 e. The highest BCUT2D eigenvalue weighted by Crippen LogP contribution is 2.34. The molecular weight excluding hydrogens is 307 g/mol. The Hall–Kier alpha value is -2.21. The second-order valence-corrected chi connectivity index (χ2v) is 4.50. The van der Waals surface area contributed by atoms with E-state index in [2.05, 4.69) is 11.4 Å². The third-order valence-electron chi connectivity index (χ3n) is 2.63. The maximum Gasteiger partial charge on any atom is 0.416 e. The van der Waals surface area contributed by atoms with E-state index in [4.69, 9.17) is 11.6 Å². The van der Waals surface area contributed by atoms with Gasteiger partial charge in [-0.15, -0.1) is 0 Å². The number of rotatable bonds is 2. The molecule has 0 aliphatic carbocycles. The van der Waals surface area contributed by atoms with Crippen LogP contribution in [0, 0.1) is 6.07 Å². The molecule has 0 spiro atoms. The lowest BCUT2D eigenvalue weighted by Crippen LogP contribution is -2.13. The lowest BCUT2D eigenvalue weighted by molar-refractivity contribution is -0.137. The largest absolute Gasteiger partial charge is 0.507 e. The third-order valence-corrected chi connectivity index (χ3v) is 2.96. The third kappa shape index (κ3) is 3.46. The van der Waals surface area contributed by atoms with Crippen molar-refractivity contribution in [2.45, 2.75) is 6.18 Å². The number of hydrogen-bond acceptors (Lipinski definition) is 2. The van der Waals surface area contributed by atoms with Crippen molar-refractivity contribution >= 4 is 23.2 Å². The number of phenols is 1. The highest BCUT2D eigenvalue weighted by molar-refractivity contribution is 6.34. The van der Waals surface area contributed by atoms with E-state index in [1.54, 1.807) is 0 Å². The van der Waals surface area contributed by atoms with Gasteiger partial charge >= 0.3 is 6.18 Å². The molecule has 2 aromatic rings. The molecule has 0 bridgehead atoms. The molecule has 3 nitrogen and oxygen atoms in total. The summed E-state index contributed by atoms with van der Waals surface area (Å²) in [5.41, 5.74) is -1.25. The molecule has 1 radical (unpaired) electrons. The SMILES string of the molecule is O=C(Nc1cc(C(F)(F)F)ccc1Cl)c1c[c]ccc1O. The van der Waals surface area contributed by atoms with Crippen molar-refractivity contribution in [2.75, 3.05) is 5.32 Å². The molecule has 2 aromatic carbocycles. The van der Waals surface area contributed by atoms with Gasteiger partial charge in [0, 0.05) is 0 Å². The number of amides is 1. The zero-order valence-electron chi connectivity index (χ0n) is 10.3. The first-order valence-corrected chi connectivity index (χ1v) is 6.04. The van der Waals surface area contributed by atoms with Crippen molar-refractivity contribution < 1.29 is 23.1 Å². The Morgan fingerprint density at radius 1 is 1.29 bits per heavy atom. The highest BCUT2D eigenvalue weighted by atomic mass is 35.5. The number of aromatic hydroxyl groups is 1. The van der Waals surface area contributed by atoms with E-state index in [1.165, 1.54) is 18.2 Å². The summed E-state index contributed by atoms with van der Waals surface area (Å²) in [5, 5.41) is 11.7. The summed E-state index contributed by atoms with van der Waals surface area (Å²) < 4.78 is 37.9. The summed E-state index contributed by atoms with van der Waals surface area (Å²) in [6, 6.07) is 9.01. The fraction of sp³-hybridized carbons (Fsp3) is 0.0714. The number of phenolic OH excluding ortho intramolecular Hbond substituents is 1. The van der Waals surface area contributed by atoms with Crippen LogP contribution in [0.5, 0.6) is 5.75 Å². The van der Waals surface area contributed by atoms with Crippen LogP contribution in [0.2, 0.25) is 5.02 Å². The standard InChI is InChI=1S/C14H8ClF3NO2/c15-10-6-5-8(14(16,17)18)7-11(10)19-13(21)9-3-1-2-4-12(9)20/h2-7,20H,(H,19,21). The quantitative estimate of drug-likeness (QED) is 0.876. The van der Waals surface area contributed by atoms with Crippen LogP contribution in [-0.4, -0.2) is 11.0 Å². The topological polar surface area (TPSA) is 49.3 Å². The first-order valence-electron chi connectivity index (χ1n) is 5.66. The van der Waals surface area contributed by atoms with E-state index in [0.717, 1.165) is 18.2 Å². The average molecular weight is 315 g/mol. The molecule has 0 unspecified atom stereocenters. The molecular formula is C14H8ClF3NO2. The first-order chi connectivity index (χ1) is 9.79. The number of benzene rings is 2. The average Bonchev–Trinajstić information content (AvgIpc) is 2.40. The van der Waals surface area contributed by atoms with Crippen molar-refractivity contribution in [3.8, 4) is 5.75 Å². The molecule has 0 aromatic heterocycles. The minimum atomic E-state index is -4.55. The van der Waals surface area contributed by atoms with Gasteiger partial charge in [0.05, 0.1) is 21.8 Å². The lowest BCUT2D eigenvalue weighted by Gasteiger charge is -2.12. The van der Waals surface area contributed by atoms with Crippen molar-refractivity contribution in [1.82, 2.24) is 0 Å². The molecule has 7 heteroatoms. The Bertz CT molecular complexity index is 686. The maximum absolute atomic E-state index is 12.6. The summed E-state index contributed by atoms with van der Waals surface area (Å²) in [6.07, 6.45) is -4.55. The molecule has 21 heavy (non-hydrogen) atoms. The van der Waals surface area contributed by atoms with Crippen LogP contribution in [0.1, 0.15) is 15.9 Å². The van der Waals surface area contributed by atoms with Crippen LogP contribution in [0.25, 0.3) is 0 Å². The number of nitrogens with one attached hydrogen (secondary N) is 1. The number of alkyl halides is 3. The molecule has 0 saturated heterocycles. The zero-order chi connectivity index (χ0) is 15.6. The molecule has 2 N–H and O–H groups in total. The van der Waals surface area contributed by atoms with Crippen LogP contribution in [0.15, 0.2) is 36.4 Å². The van der Waals surface area contributed by atoms with Gasteiger partial charge in [0.25, 0.3) is 5.91 Å². The number of hydrogen-bond donors (Lipinski definition) is 2. The molecule has 0 fully saturated rings. The van der Waals surface area contributed by atoms with Gasteiger partial charge in [-0.3, -0.25) is 4.79 Å². The van der Waals surface area contributed by atoms with Gasteiger partial charge in [-0.25, -0.2) is 0 Å². The summed E-state index contributed by atoms with van der Waals surface area (Å²) in [4.78, 5) is 11.9. The minimum Gasteiger partial charge on any atom is -0.507 e. The molecule has 0 saturated carbocycles. The zero-order valence-corrected chi connectivity index (χ0v) is 11.1. The predicted octanol–water partition coefficient (Wildman–Crippen LogP) is 4.12. The summed E-state index contributed by atoms with van der Waals surface area (Å²) in [6.45, 7) is 0. The number of halogens is 4. The fourth-order valence-electron chi connectivity index (χ4n) is 1.59. The molecule has 2 rings (SSSR count). The van der Waals surface area contributed by atoms with Crippen molar-refractivity contribution in [1.29, 1.82) is 0 Å². The second-order valence-electron chi connectivity index (χ2n) is 4.09. The number of anilines is 1. The monoisotopic (exact) mass is 314 g/mol. The Kier molecular flexibility index (Phi) is 4.09. The van der Waals surface area contributed by atoms with E-state index < -0.39 is 17.6 Å². The summed E-state index contributed by atoms with van der Waals surface area (Å²) in [5.74, 6) is -1.10. The maximum atomic E-state index is 12.6. The van der Waals surface area contributed by atoms with Crippen molar-refractivity contribution in [3.63, 3.8) is 0 Å². The molecule has 0 aliphatic heterocycles. The van der Waals surface area contributed by atoms with Crippen LogP contribution < -0.4 is 5.32 Å². The van der Waals surface area contributed by atoms with Crippen LogP contribution in [0.3, 0.4) is 0 Å². The first kappa shape index (κ1) is 15.2. The number of carbonyl (C=O) groups excluding carboxylic acids is 1. The van der Waals surface area contributed by atoms with Gasteiger partial charge in [-0.05, 0) is 36.4 Å². The van der Waals surface area contributed by atoms with Crippen LogP contribution in [0.4, 0.5) is 18.9 Å². The summed E-state index contributed by atoms with van der Waals surface area (Å²) in [7, 11) is 0. The Balaban J connectivity index is 2.31. The van der Waals surface area contributed by atoms with Crippen molar-refractivity contribution in [2.24, 2.45) is 0 Å². The van der Waals surface area contributed by atoms with Crippen LogP contribution >= 0.6 is 11.6 Å². The van der Waals surface area contributed by atoms with E-state index in [1.807, 2.05) is 0 Å². The van der Waals surface area contributed by atoms with Gasteiger partial charge in [-0.1, -0.05) is 17.7 Å². The van der Waals surface area contributed by atoms with Crippen LogP contribution in [-0.2, 0) is 6.18 Å². The van der Waals surface area contributed by atoms with E-state index in [9.17, 15) is 23.1 Å². The minimum absolute atomic E-state index is 0.0456. The van der Waals surface area contributed by atoms with Gasteiger partial charge in [0.15, 0.2) is 0 Å². The van der Waals surface area contributed by atoms with E-state index in [0.29, 0.717) is 0 Å². The Labute approximate surface area is 123 Å². The molecule has 0 aliphatic rings. The van der Waals surface area contributed by atoms with E-state index >= 15 is 0 Å². The van der Waals surface area contributed by atoms with Gasteiger partial charge in [0.1, 0.15) is 5.75 Å². The molecule has 0 heterocycles. The molecule has 109 valence electrons. The van der Waals surface area contributed by atoms with E-state index in [-0.39, 0.29) is 22.0 Å².